The van der Waals surface area contributed by atoms with Gasteiger partial charge in [0.05, 0.1) is 16.2 Å². The standard InChI is InChI=1S/C22H16BrN3O5S/c23-13-1-6-20-12(9-13)7-8-26(20)32(30,31)15-3-5-18-16(11-15)17(21(27)25-18)10-14-2-4-19(24-14)22(28)29/h1-6,9-11,24H,7-8H2,(H,25,27)(H,28,29)/b17-10-. The van der Waals surface area contributed by atoms with Crippen LogP contribution in [-0.2, 0) is 21.2 Å². The van der Waals surface area contributed by atoms with E-state index in [-0.39, 0.29) is 16.2 Å². The number of hydrogen-bond acceptors (Lipinski definition) is 4. The normalized spacial score (nSPS) is 16.2. The van der Waals surface area contributed by atoms with Crippen LogP contribution < -0.4 is 9.62 Å². The molecule has 0 saturated heterocycles. The molecule has 162 valence electrons. The second-order valence-corrected chi connectivity index (χ2v) is 10.2. The van der Waals surface area contributed by atoms with E-state index in [9.17, 15) is 18.0 Å². The molecule has 2 aliphatic heterocycles. The minimum absolute atomic E-state index is 0.00820. The predicted molar refractivity (Wildman–Crippen MR) is 123 cm³/mol. The summed E-state index contributed by atoms with van der Waals surface area (Å²) in [6.45, 7) is 0.339. The lowest BCUT2D eigenvalue weighted by molar-refractivity contribution is -0.110. The number of aromatic nitrogens is 1. The van der Waals surface area contributed by atoms with E-state index in [1.54, 1.807) is 24.3 Å². The van der Waals surface area contributed by atoms with Gasteiger partial charge in [-0.25, -0.2) is 13.2 Å². The van der Waals surface area contributed by atoms with Gasteiger partial charge in [-0.15, -0.1) is 0 Å². The summed E-state index contributed by atoms with van der Waals surface area (Å²) in [7, 11) is -3.84. The number of nitrogens with zero attached hydrogens (tertiary/aromatic N) is 1. The van der Waals surface area contributed by atoms with Crippen molar-refractivity contribution in [2.24, 2.45) is 0 Å². The quantitative estimate of drug-likeness (QED) is 0.459. The zero-order valence-corrected chi connectivity index (χ0v) is 18.8. The van der Waals surface area contributed by atoms with Gasteiger partial charge in [-0.1, -0.05) is 15.9 Å². The lowest BCUT2D eigenvalue weighted by Crippen LogP contribution is -2.29. The summed E-state index contributed by atoms with van der Waals surface area (Å²) < 4.78 is 29.1. The van der Waals surface area contributed by atoms with Gasteiger partial charge in [0, 0.05) is 28.0 Å². The molecule has 0 atom stereocenters. The van der Waals surface area contributed by atoms with Crippen LogP contribution in [0.15, 0.2) is 57.9 Å². The van der Waals surface area contributed by atoms with Crippen molar-refractivity contribution in [2.45, 2.75) is 11.3 Å². The Morgan fingerprint density at radius 3 is 2.69 bits per heavy atom. The van der Waals surface area contributed by atoms with E-state index in [4.69, 9.17) is 5.11 Å². The van der Waals surface area contributed by atoms with E-state index >= 15 is 0 Å². The molecule has 0 fully saturated rings. The molecule has 2 aromatic carbocycles. The molecular weight excluding hydrogens is 498 g/mol. The highest BCUT2D eigenvalue weighted by atomic mass is 79.9. The summed E-state index contributed by atoms with van der Waals surface area (Å²) in [6.07, 6.45) is 2.12. The van der Waals surface area contributed by atoms with Gasteiger partial charge < -0.3 is 15.4 Å². The van der Waals surface area contributed by atoms with E-state index in [2.05, 4.69) is 26.2 Å². The maximum absolute atomic E-state index is 13.4. The summed E-state index contributed by atoms with van der Waals surface area (Å²) in [5, 5.41) is 11.8. The number of sulfonamides is 1. The molecule has 1 aromatic heterocycles. The molecule has 10 heteroatoms. The number of nitrogens with one attached hydrogen (secondary N) is 2. The number of aromatic amines is 1. The number of rotatable bonds is 4. The Kier molecular flexibility index (Phi) is 4.72. The molecule has 1 amide bonds. The predicted octanol–water partition coefficient (Wildman–Crippen LogP) is 3.72. The Hall–Kier alpha value is -3.37. The Morgan fingerprint density at radius 1 is 1.12 bits per heavy atom. The highest BCUT2D eigenvalue weighted by Crippen LogP contribution is 2.38. The van der Waals surface area contributed by atoms with Crippen LogP contribution in [0.1, 0.15) is 27.3 Å². The third-order valence-corrected chi connectivity index (χ3v) is 7.80. The zero-order valence-electron chi connectivity index (χ0n) is 16.4. The first-order chi connectivity index (χ1) is 15.2. The highest BCUT2D eigenvalue weighted by Gasteiger charge is 2.33. The highest BCUT2D eigenvalue weighted by molar-refractivity contribution is 9.10. The smallest absolute Gasteiger partial charge is 0.352 e. The van der Waals surface area contributed by atoms with Crippen LogP contribution in [0.2, 0.25) is 0 Å². The van der Waals surface area contributed by atoms with Gasteiger partial charge in [-0.3, -0.25) is 9.10 Å². The minimum Gasteiger partial charge on any atom is -0.477 e. The molecule has 0 unspecified atom stereocenters. The minimum atomic E-state index is -3.84. The second-order valence-electron chi connectivity index (χ2n) is 7.45. The molecule has 3 N–H and O–H groups in total. The number of H-pyrrole nitrogens is 1. The van der Waals surface area contributed by atoms with Crippen LogP contribution in [0.3, 0.4) is 0 Å². The number of benzene rings is 2. The average molecular weight is 514 g/mol. The Labute approximate surface area is 191 Å². The first-order valence-corrected chi connectivity index (χ1v) is 11.9. The summed E-state index contributed by atoms with van der Waals surface area (Å²) >= 11 is 3.41. The molecule has 3 heterocycles. The molecule has 0 radical (unpaired) electrons. The van der Waals surface area contributed by atoms with E-state index in [0.29, 0.717) is 35.6 Å². The van der Waals surface area contributed by atoms with Crippen LogP contribution in [0.25, 0.3) is 11.6 Å². The van der Waals surface area contributed by atoms with Crippen molar-refractivity contribution < 1.29 is 23.1 Å². The molecular formula is C22H16BrN3O5S. The number of fused-ring (bicyclic) bond motifs is 2. The average Bonchev–Trinajstić information content (AvgIpc) is 3.45. The van der Waals surface area contributed by atoms with Gasteiger partial charge in [0.2, 0.25) is 0 Å². The molecule has 0 spiro atoms. The number of halogens is 1. The van der Waals surface area contributed by atoms with E-state index in [1.807, 2.05) is 6.07 Å². The van der Waals surface area contributed by atoms with Crippen molar-refractivity contribution in [2.75, 3.05) is 16.2 Å². The third kappa shape index (κ3) is 3.32. The first-order valence-electron chi connectivity index (χ1n) is 9.65. The number of carbonyl (C=O) groups excluding carboxylic acids is 1. The van der Waals surface area contributed by atoms with Crippen LogP contribution in [0, 0.1) is 0 Å². The number of carbonyl (C=O) groups is 2. The maximum Gasteiger partial charge on any atom is 0.352 e. The Bertz CT molecular complexity index is 1440. The van der Waals surface area contributed by atoms with Gasteiger partial charge >= 0.3 is 5.97 Å². The molecule has 0 aliphatic carbocycles. The summed E-state index contributed by atoms with van der Waals surface area (Å²) in [4.78, 5) is 26.4. The number of hydrogen-bond donors (Lipinski definition) is 3. The molecule has 3 aromatic rings. The molecule has 2 aliphatic rings. The fraction of sp³-hybridized carbons (Fsp3) is 0.0909. The van der Waals surface area contributed by atoms with Crippen molar-refractivity contribution in [3.63, 3.8) is 0 Å². The summed E-state index contributed by atoms with van der Waals surface area (Å²) in [5.74, 6) is -1.50. The molecule has 5 rings (SSSR count). The van der Waals surface area contributed by atoms with Crippen LogP contribution in [0.4, 0.5) is 11.4 Å². The van der Waals surface area contributed by atoms with Crippen molar-refractivity contribution >= 4 is 60.9 Å². The van der Waals surface area contributed by atoms with E-state index in [1.165, 1.54) is 28.6 Å². The Balaban J connectivity index is 1.55. The van der Waals surface area contributed by atoms with Gasteiger partial charge in [0.25, 0.3) is 15.9 Å². The second kappa shape index (κ2) is 7.35. The number of amides is 1. The van der Waals surface area contributed by atoms with Crippen LogP contribution in [-0.4, -0.2) is 36.9 Å². The first kappa shape index (κ1) is 20.5. The van der Waals surface area contributed by atoms with Crippen molar-refractivity contribution in [3.05, 3.63) is 75.5 Å². The molecule has 8 nitrogen and oxygen atoms in total. The van der Waals surface area contributed by atoms with Crippen molar-refractivity contribution in [1.82, 2.24) is 4.98 Å². The summed E-state index contributed by atoms with van der Waals surface area (Å²) in [5.41, 5.74) is 3.20. The molecule has 0 bridgehead atoms. The largest absolute Gasteiger partial charge is 0.477 e. The van der Waals surface area contributed by atoms with E-state index in [0.717, 1.165) is 10.0 Å². The van der Waals surface area contributed by atoms with Crippen molar-refractivity contribution in [1.29, 1.82) is 0 Å². The monoisotopic (exact) mass is 513 g/mol. The maximum atomic E-state index is 13.4. The number of anilines is 2. The topological polar surface area (TPSA) is 120 Å². The number of carboxylic acids is 1. The fourth-order valence-corrected chi connectivity index (χ4v) is 5.90. The zero-order chi connectivity index (χ0) is 22.6. The van der Waals surface area contributed by atoms with Gasteiger partial charge in [0.1, 0.15) is 5.69 Å². The number of aromatic carboxylic acids is 1. The van der Waals surface area contributed by atoms with Crippen molar-refractivity contribution in [3.8, 4) is 0 Å². The van der Waals surface area contributed by atoms with Gasteiger partial charge in [-0.05, 0) is 66.6 Å². The summed E-state index contributed by atoms with van der Waals surface area (Å²) in [6, 6.07) is 13.0. The molecule has 0 saturated carbocycles. The lowest BCUT2D eigenvalue weighted by atomic mass is 10.1. The van der Waals surface area contributed by atoms with Gasteiger partial charge in [-0.2, -0.15) is 0 Å². The van der Waals surface area contributed by atoms with E-state index < -0.39 is 21.9 Å². The number of carboxylic acid groups (broad SMARTS) is 1. The SMILES string of the molecule is O=C1Nc2ccc(S(=O)(=O)N3CCc4cc(Br)ccc43)cc2/C1=C/c1ccc(C(=O)O)[nH]1. The third-order valence-electron chi connectivity index (χ3n) is 5.50. The van der Waals surface area contributed by atoms with Crippen LogP contribution in [0.5, 0.6) is 0 Å². The van der Waals surface area contributed by atoms with Gasteiger partial charge in [0.15, 0.2) is 0 Å². The lowest BCUT2D eigenvalue weighted by Gasteiger charge is -2.20. The fourth-order valence-electron chi connectivity index (χ4n) is 3.96. The Morgan fingerprint density at radius 2 is 1.94 bits per heavy atom. The molecule has 32 heavy (non-hydrogen) atoms. The van der Waals surface area contributed by atoms with Crippen LogP contribution >= 0.6 is 15.9 Å².